The topological polar surface area (TPSA) is 195 Å². The van der Waals surface area contributed by atoms with Crippen LogP contribution in [0, 0.1) is 5.82 Å². The summed E-state index contributed by atoms with van der Waals surface area (Å²) in [5, 5.41) is 11.9. The molecule has 0 fully saturated rings. The summed E-state index contributed by atoms with van der Waals surface area (Å²) in [5.74, 6) is -4.88. The number of hydrogen-bond acceptors (Lipinski definition) is 8. The van der Waals surface area contributed by atoms with Crippen molar-refractivity contribution in [3.05, 3.63) is 88.5 Å². The van der Waals surface area contributed by atoms with Gasteiger partial charge in [-0.3, -0.25) is 19.2 Å². The molecule has 12 nitrogen and oxygen atoms in total. The Hall–Kier alpha value is -4.85. The van der Waals surface area contributed by atoms with Crippen LogP contribution in [-0.4, -0.2) is 55.9 Å². The molecule has 0 aliphatic carbocycles. The van der Waals surface area contributed by atoms with E-state index in [1.807, 2.05) is 4.72 Å². The minimum atomic E-state index is -4.47. The number of amides is 3. The maximum Gasteiger partial charge on any atom is 0.307 e. The number of ether oxygens (including phenoxy) is 1. The van der Waals surface area contributed by atoms with Crippen molar-refractivity contribution in [1.29, 1.82) is 0 Å². The molecular formula is C25H23FN4O8S. The lowest BCUT2D eigenvalue weighted by Gasteiger charge is -2.15. The normalized spacial score (nSPS) is 10.9. The molecule has 3 amide bonds. The Kier molecular flexibility index (Phi) is 8.93. The van der Waals surface area contributed by atoms with E-state index in [1.54, 1.807) is 12.1 Å². The van der Waals surface area contributed by atoms with Crippen LogP contribution in [0.25, 0.3) is 0 Å². The van der Waals surface area contributed by atoms with Gasteiger partial charge in [0.15, 0.2) is 11.4 Å². The number of nitrogens with two attached hydrogens (primary N) is 1. The number of benzene rings is 2. The van der Waals surface area contributed by atoms with Crippen LogP contribution in [-0.2, 0) is 27.7 Å². The molecule has 3 rings (SSSR count). The van der Waals surface area contributed by atoms with Crippen molar-refractivity contribution >= 4 is 33.7 Å². The molecule has 0 radical (unpaired) electrons. The number of nitrogens with zero attached hydrogens (tertiary/aromatic N) is 1. The van der Waals surface area contributed by atoms with Gasteiger partial charge >= 0.3 is 5.97 Å². The van der Waals surface area contributed by atoms with Gasteiger partial charge in [-0.25, -0.2) is 22.5 Å². The van der Waals surface area contributed by atoms with Gasteiger partial charge in [-0.2, -0.15) is 0 Å². The minimum Gasteiger partial charge on any atom is -0.494 e. The third-order valence-electron chi connectivity index (χ3n) is 5.41. The molecule has 2 aromatic carbocycles. The second kappa shape index (κ2) is 12.1. The lowest BCUT2D eigenvalue weighted by Crippen LogP contribution is -2.32. The van der Waals surface area contributed by atoms with Crippen LogP contribution in [0.1, 0.15) is 42.3 Å². The Balaban J connectivity index is 1.74. The SMILES string of the molecule is COc1c(C(N)=O)ncc(C(=O)NS(=O)(=O)c2ccc(C(=O)NCCc3ccc(F)cc3)cc2)c1CC(=O)O. The molecule has 14 heteroatoms. The highest BCUT2D eigenvalue weighted by Crippen LogP contribution is 2.26. The second-order valence-electron chi connectivity index (χ2n) is 8.06. The first-order valence-corrected chi connectivity index (χ1v) is 12.7. The monoisotopic (exact) mass is 558 g/mol. The van der Waals surface area contributed by atoms with Gasteiger partial charge in [-0.1, -0.05) is 12.1 Å². The van der Waals surface area contributed by atoms with Gasteiger partial charge in [0.05, 0.1) is 24.0 Å². The maximum atomic E-state index is 13.0. The average molecular weight is 559 g/mol. The van der Waals surface area contributed by atoms with Crippen LogP contribution in [0.4, 0.5) is 4.39 Å². The second-order valence-corrected chi connectivity index (χ2v) is 9.74. The lowest BCUT2D eigenvalue weighted by molar-refractivity contribution is -0.136. The number of sulfonamides is 1. The van der Waals surface area contributed by atoms with Crippen molar-refractivity contribution in [2.75, 3.05) is 13.7 Å². The molecule has 0 saturated heterocycles. The van der Waals surface area contributed by atoms with Crippen molar-refractivity contribution < 1.29 is 41.8 Å². The number of aromatic nitrogens is 1. The third kappa shape index (κ3) is 7.13. The summed E-state index contributed by atoms with van der Waals surface area (Å²) in [6.07, 6.45) is 0.485. The molecule has 39 heavy (non-hydrogen) atoms. The van der Waals surface area contributed by atoms with E-state index in [0.29, 0.717) is 6.42 Å². The average Bonchev–Trinajstić information content (AvgIpc) is 2.88. The van der Waals surface area contributed by atoms with Crippen LogP contribution in [0.2, 0.25) is 0 Å². The molecule has 0 aliphatic rings. The molecule has 0 aliphatic heterocycles. The zero-order valence-corrected chi connectivity index (χ0v) is 21.2. The van der Waals surface area contributed by atoms with Crippen LogP contribution in [0.5, 0.6) is 5.75 Å². The number of carboxylic acid groups (broad SMARTS) is 1. The number of primary amides is 1. The zero-order chi connectivity index (χ0) is 28.7. The van der Waals surface area contributed by atoms with Crippen LogP contribution < -0.4 is 20.5 Å². The number of halogens is 1. The number of carboxylic acids is 1. The van der Waals surface area contributed by atoms with E-state index < -0.39 is 51.4 Å². The van der Waals surface area contributed by atoms with Gasteiger partial charge in [0.2, 0.25) is 0 Å². The summed E-state index contributed by atoms with van der Waals surface area (Å²) >= 11 is 0. The fourth-order valence-corrected chi connectivity index (χ4v) is 4.51. The first kappa shape index (κ1) is 28.7. The molecule has 0 spiro atoms. The Morgan fingerprint density at radius 3 is 2.23 bits per heavy atom. The summed E-state index contributed by atoms with van der Waals surface area (Å²) < 4.78 is 45.4. The summed E-state index contributed by atoms with van der Waals surface area (Å²) in [4.78, 5) is 51.5. The Morgan fingerprint density at radius 1 is 1.03 bits per heavy atom. The number of methoxy groups -OCH3 is 1. The molecule has 204 valence electrons. The number of rotatable bonds is 11. The highest BCUT2D eigenvalue weighted by atomic mass is 32.2. The largest absolute Gasteiger partial charge is 0.494 e. The fourth-order valence-electron chi connectivity index (χ4n) is 3.54. The molecule has 3 aromatic rings. The van der Waals surface area contributed by atoms with Crippen molar-refractivity contribution in [2.24, 2.45) is 5.73 Å². The van der Waals surface area contributed by atoms with Crippen molar-refractivity contribution in [3.8, 4) is 5.75 Å². The molecular weight excluding hydrogens is 535 g/mol. The highest BCUT2D eigenvalue weighted by Gasteiger charge is 2.27. The Labute approximate surface area is 222 Å². The smallest absolute Gasteiger partial charge is 0.307 e. The number of nitrogens with one attached hydrogen (secondary N) is 2. The zero-order valence-electron chi connectivity index (χ0n) is 20.4. The van der Waals surface area contributed by atoms with Gasteiger partial charge in [0.25, 0.3) is 27.7 Å². The van der Waals surface area contributed by atoms with Crippen LogP contribution in [0.3, 0.4) is 0 Å². The van der Waals surface area contributed by atoms with Gasteiger partial charge in [0, 0.05) is 23.9 Å². The maximum absolute atomic E-state index is 13.0. The molecule has 0 unspecified atom stereocenters. The predicted molar refractivity (Wildman–Crippen MR) is 134 cm³/mol. The number of carbonyl (C=O) groups excluding carboxylic acids is 3. The van der Waals surface area contributed by atoms with E-state index in [0.717, 1.165) is 31.0 Å². The quantitative estimate of drug-likeness (QED) is 0.266. The van der Waals surface area contributed by atoms with Crippen molar-refractivity contribution in [3.63, 3.8) is 0 Å². The van der Waals surface area contributed by atoms with E-state index in [4.69, 9.17) is 10.5 Å². The molecule has 5 N–H and O–H groups in total. The number of carbonyl (C=O) groups is 4. The summed E-state index contributed by atoms with van der Waals surface area (Å²) in [6.45, 7) is 0.255. The minimum absolute atomic E-state index is 0.152. The van der Waals surface area contributed by atoms with E-state index in [2.05, 4.69) is 10.3 Å². The van der Waals surface area contributed by atoms with Crippen molar-refractivity contribution in [2.45, 2.75) is 17.7 Å². The summed E-state index contributed by atoms with van der Waals surface area (Å²) in [6, 6.07) is 10.5. The van der Waals surface area contributed by atoms with Gasteiger partial charge in [-0.15, -0.1) is 0 Å². The Morgan fingerprint density at radius 2 is 1.67 bits per heavy atom. The Bertz CT molecular complexity index is 1520. The van der Waals surface area contributed by atoms with E-state index in [9.17, 15) is 37.1 Å². The number of hydrogen-bond donors (Lipinski definition) is 4. The highest BCUT2D eigenvalue weighted by molar-refractivity contribution is 7.90. The molecule has 0 bridgehead atoms. The van der Waals surface area contributed by atoms with Gasteiger partial charge in [-0.05, 0) is 48.4 Å². The predicted octanol–water partition coefficient (Wildman–Crippen LogP) is 1.05. The molecule has 0 atom stereocenters. The molecule has 1 aromatic heterocycles. The van der Waals surface area contributed by atoms with Crippen LogP contribution in [0.15, 0.2) is 59.6 Å². The van der Waals surface area contributed by atoms with Crippen LogP contribution >= 0.6 is 0 Å². The lowest BCUT2D eigenvalue weighted by atomic mass is 10.0. The first-order valence-electron chi connectivity index (χ1n) is 11.2. The molecule has 0 saturated carbocycles. The third-order valence-corrected chi connectivity index (χ3v) is 6.76. The summed E-state index contributed by atoms with van der Waals surface area (Å²) in [7, 11) is -3.36. The fraction of sp³-hybridized carbons (Fsp3) is 0.160. The van der Waals surface area contributed by atoms with E-state index in [-0.39, 0.29) is 34.1 Å². The van der Waals surface area contributed by atoms with Gasteiger partial charge < -0.3 is 20.9 Å². The van der Waals surface area contributed by atoms with Gasteiger partial charge in [0.1, 0.15) is 5.82 Å². The standard InChI is InChI=1S/C25H23FN4O8S/c1-38-22-18(12-20(31)32)19(13-29-21(22)23(27)33)25(35)30-39(36,37)17-8-4-15(5-9-17)24(34)28-11-10-14-2-6-16(26)7-3-14/h2-9,13H,10-12H2,1H3,(H2,27,33)(H,28,34)(H,30,35)(H,31,32). The number of pyridine rings is 1. The van der Waals surface area contributed by atoms with E-state index in [1.165, 1.54) is 24.3 Å². The number of aliphatic carboxylic acids is 1. The van der Waals surface area contributed by atoms with Crippen molar-refractivity contribution in [1.82, 2.24) is 15.0 Å². The first-order chi connectivity index (χ1) is 18.4. The molecule has 1 heterocycles. The van der Waals surface area contributed by atoms with E-state index >= 15 is 0 Å². The summed E-state index contributed by atoms with van der Waals surface area (Å²) in [5.41, 5.74) is 5.00.